The van der Waals surface area contributed by atoms with Gasteiger partial charge in [-0.25, -0.2) is 0 Å². The summed E-state index contributed by atoms with van der Waals surface area (Å²) < 4.78 is 6.05. The van der Waals surface area contributed by atoms with E-state index in [0.29, 0.717) is 6.04 Å². The monoisotopic (exact) mass is 341 g/mol. The number of benzene rings is 1. The van der Waals surface area contributed by atoms with E-state index in [2.05, 4.69) is 17.4 Å². The van der Waals surface area contributed by atoms with Gasteiger partial charge in [-0.3, -0.25) is 0 Å². The fraction of sp³-hybridized carbons (Fsp3) is 0.524. The van der Waals surface area contributed by atoms with Crippen molar-refractivity contribution in [3.05, 3.63) is 47.2 Å². The third-order valence-electron chi connectivity index (χ3n) is 6.51. The molecule has 2 nitrogen and oxygen atoms in total. The molecular weight excluding hydrogens is 318 g/mol. The van der Waals surface area contributed by atoms with Crippen LogP contribution < -0.4 is 5.32 Å². The first-order valence-corrected chi connectivity index (χ1v) is 9.70. The van der Waals surface area contributed by atoms with Gasteiger partial charge >= 0.3 is 0 Å². The van der Waals surface area contributed by atoms with E-state index < -0.39 is 0 Å². The molecule has 0 radical (unpaired) electrons. The molecule has 1 heterocycles. The summed E-state index contributed by atoms with van der Waals surface area (Å²) in [6.45, 7) is 0.841. The number of nitrogens with one attached hydrogen (secondary N) is 1. The molecular formula is C21H24ClNO. The van der Waals surface area contributed by atoms with Gasteiger partial charge in [-0.05, 0) is 80.0 Å². The van der Waals surface area contributed by atoms with Gasteiger partial charge in [0.05, 0.1) is 6.54 Å². The largest absolute Gasteiger partial charge is 0.460 e. The van der Waals surface area contributed by atoms with E-state index in [1.165, 1.54) is 32.1 Å². The SMILES string of the molecule is Clc1cccc(-c2ccc(CNC3C4CC5CC(C4)CC3C5)o2)c1. The molecule has 3 heteroatoms. The first-order chi connectivity index (χ1) is 11.7. The minimum Gasteiger partial charge on any atom is -0.460 e. The van der Waals surface area contributed by atoms with Crippen LogP contribution in [-0.4, -0.2) is 6.04 Å². The fourth-order valence-electron chi connectivity index (χ4n) is 5.75. The molecule has 2 aromatic rings. The maximum absolute atomic E-state index is 6.08. The van der Waals surface area contributed by atoms with Crippen molar-refractivity contribution < 1.29 is 4.42 Å². The summed E-state index contributed by atoms with van der Waals surface area (Å²) in [5, 5.41) is 4.58. The Morgan fingerprint density at radius 2 is 1.71 bits per heavy atom. The predicted molar refractivity (Wildman–Crippen MR) is 96.8 cm³/mol. The Morgan fingerprint density at radius 3 is 2.42 bits per heavy atom. The van der Waals surface area contributed by atoms with Crippen LogP contribution in [0.3, 0.4) is 0 Å². The topological polar surface area (TPSA) is 25.2 Å². The molecule has 4 aliphatic carbocycles. The Balaban J connectivity index is 1.26. The number of furan rings is 1. The molecule has 4 fully saturated rings. The molecule has 0 amide bonds. The lowest BCUT2D eigenvalue weighted by Gasteiger charge is -2.54. The summed E-state index contributed by atoms with van der Waals surface area (Å²) in [7, 11) is 0. The molecule has 4 bridgehead atoms. The Morgan fingerprint density at radius 1 is 0.958 bits per heavy atom. The van der Waals surface area contributed by atoms with E-state index >= 15 is 0 Å². The normalized spacial score (nSPS) is 34.0. The van der Waals surface area contributed by atoms with Gasteiger partial charge in [-0.1, -0.05) is 23.7 Å². The van der Waals surface area contributed by atoms with E-state index in [1.807, 2.05) is 24.3 Å². The van der Waals surface area contributed by atoms with E-state index in [4.69, 9.17) is 16.0 Å². The van der Waals surface area contributed by atoms with Crippen LogP contribution in [0.25, 0.3) is 11.3 Å². The average molecular weight is 342 g/mol. The van der Waals surface area contributed by atoms with Crippen LogP contribution in [-0.2, 0) is 6.54 Å². The van der Waals surface area contributed by atoms with Gasteiger partial charge in [0.2, 0.25) is 0 Å². The Hall–Kier alpha value is -1.25. The maximum Gasteiger partial charge on any atom is 0.134 e. The second-order valence-electron chi connectivity index (χ2n) is 8.11. The summed E-state index contributed by atoms with van der Waals surface area (Å²) in [4.78, 5) is 0. The Kier molecular flexibility index (Phi) is 3.71. The highest BCUT2D eigenvalue weighted by molar-refractivity contribution is 6.30. The highest BCUT2D eigenvalue weighted by Crippen LogP contribution is 2.53. The smallest absolute Gasteiger partial charge is 0.134 e. The van der Waals surface area contributed by atoms with Crippen LogP contribution in [0, 0.1) is 23.7 Å². The Labute approximate surface area is 148 Å². The zero-order chi connectivity index (χ0) is 16.1. The van der Waals surface area contributed by atoms with Gasteiger partial charge in [0.25, 0.3) is 0 Å². The van der Waals surface area contributed by atoms with Crippen LogP contribution in [0.1, 0.15) is 37.9 Å². The number of hydrogen-bond donors (Lipinski definition) is 1. The molecule has 0 aliphatic heterocycles. The molecule has 1 N–H and O–H groups in total. The van der Waals surface area contributed by atoms with Crippen molar-refractivity contribution in [3.8, 4) is 11.3 Å². The molecule has 1 aromatic heterocycles. The lowest BCUT2D eigenvalue weighted by atomic mass is 9.54. The quantitative estimate of drug-likeness (QED) is 0.792. The van der Waals surface area contributed by atoms with Crippen LogP contribution in [0.4, 0.5) is 0 Å². The summed E-state index contributed by atoms with van der Waals surface area (Å²) in [5.41, 5.74) is 1.04. The van der Waals surface area contributed by atoms with Crippen molar-refractivity contribution in [2.75, 3.05) is 0 Å². The van der Waals surface area contributed by atoms with E-state index in [1.54, 1.807) is 0 Å². The van der Waals surface area contributed by atoms with Crippen LogP contribution in [0.15, 0.2) is 40.8 Å². The van der Waals surface area contributed by atoms with Gasteiger partial charge in [0, 0.05) is 16.6 Å². The molecule has 0 unspecified atom stereocenters. The summed E-state index contributed by atoms with van der Waals surface area (Å²) in [6, 6.07) is 12.7. The average Bonchev–Trinajstić information content (AvgIpc) is 3.02. The number of rotatable bonds is 4. The molecule has 24 heavy (non-hydrogen) atoms. The Bertz CT molecular complexity index is 709. The molecule has 4 saturated carbocycles. The van der Waals surface area contributed by atoms with Crippen molar-refractivity contribution in [1.29, 1.82) is 0 Å². The standard InChI is InChI=1S/C21H24ClNO/c22-18-3-1-2-15(11-18)20-5-4-19(24-20)12-23-21-16-7-13-6-14(9-16)10-17(21)8-13/h1-5,11,13-14,16-17,21,23H,6-10,12H2. The van der Waals surface area contributed by atoms with Crippen molar-refractivity contribution in [3.63, 3.8) is 0 Å². The molecule has 0 atom stereocenters. The van der Waals surface area contributed by atoms with Crippen LogP contribution in [0.2, 0.25) is 5.02 Å². The highest BCUT2D eigenvalue weighted by Gasteiger charge is 2.47. The van der Waals surface area contributed by atoms with Crippen molar-refractivity contribution in [2.45, 2.75) is 44.7 Å². The zero-order valence-electron chi connectivity index (χ0n) is 13.9. The predicted octanol–water partition coefficient (Wildman–Crippen LogP) is 5.51. The molecule has 6 rings (SSSR count). The molecule has 0 saturated heterocycles. The fourth-order valence-corrected chi connectivity index (χ4v) is 5.94. The van der Waals surface area contributed by atoms with Crippen molar-refractivity contribution >= 4 is 11.6 Å². The summed E-state index contributed by atoms with van der Waals surface area (Å²) in [6.07, 6.45) is 7.33. The van der Waals surface area contributed by atoms with E-state index in [0.717, 1.165) is 52.3 Å². The molecule has 4 aliphatic rings. The minimum atomic E-state index is 0.706. The third kappa shape index (κ3) is 2.70. The second-order valence-corrected chi connectivity index (χ2v) is 8.55. The van der Waals surface area contributed by atoms with Crippen LogP contribution >= 0.6 is 11.6 Å². The molecule has 1 aromatic carbocycles. The minimum absolute atomic E-state index is 0.706. The summed E-state index contributed by atoms with van der Waals surface area (Å²) >= 11 is 6.08. The van der Waals surface area contributed by atoms with Gasteiger partial charge in [0.1, 0.15) is 11.5 Å². The van der Waals surface area contributed by atoms with Gasteiger partial charge < -0.3 is 9.73 Å². The van der Waals surface area contributed by atoms with Gasteiger partial charge in [-0.2, -0.15) is 0 Å². The van der Waals surface area contributed by atoms with Gasteiger partial charge in [0.15, 0.2) is 0 Å². The second kappa shape index (κ2) is 5.93. The third-order valence-corrected chi connectivity index (χ3v) is 6.74. The van der Waals surface area contributed by atoms with Gasteiger partial charge in [-0.15, -0.1) is 0 Å². The van der Waals surface area contributed by atoms with Crippen molar-refractivity contribution in [2.24, 2.45) is 23.7 Å². The molecule has 126 valence electrons. The highest BCUT2D eigenvalue weighted by atomic mass is 35.5. The van der Waals surface area contributed by atoms with Crippen molar-refractivity contribution in [1.82, 2.24) is 5.32 Å². The van der Waals surface area contributed by atoms with Crippen LogP contribution in [0.5, 0.6) is 0 Å². The number of halogens is 1. The van der Waals surface area contributed by atoms with E-state index in [9.17, 15) is 0 Å². The zero-order valence-corrected chi connectivity index (χ0v) is 14.6. The lowest BCUT2D eigenvalue weighted by molar-refractivity contribution is -0.0147. The van der Waals surface area contributed by atoms with E-state index in [-0.39, 0.29) is 0 Å². The first-order valence-electron chi connectivity index (χ1n) is 9.32. The maximum atomic E-state index is 6.08. The number of hydrogen-bond acceptors (Lipinski definition) is 2. The first kappa shape index (κ1) is 15.0. The summed E-state index contributed by atoms with van der Waals surface area (Å²) in [5.74, 6) is 5.80. The molecule has 0 spiro atoms. The lowest BCUT2D eigenvalue weighted by Crippen LogP contribution is -2.54.